The first kappa shape index (κ1) is 19.1. The minimum Gasteiger partial charge on any atom is -0.493 e. The maximum atomic E-state index is 12.8. The molecule has 28 heavy (non-hydrogen) atoms. The van der Waals surface area contributed by atoms with E-state index in [1.807, 2.05) is 24.3 Å². The van der Waals surface area contributed by atoms with E-state index in [2.05, 4.69) is 45.4 Å². The SMILES string of the molecule is Cl.O=C1NCN(c2ccccc2)C12CCN(C1CCOc3ccccc31)CC2. The molecule has 1 amide bonds. The van der Waals surface area contributed by atoms with Gasteiger partial charge in [-0.15, -0.1) is 12.4 Å². The number of amides is 1. The lowest BCUT2D eigenvalue weighted by atomic mass is 9.84. The number of carbonyl (C=O) groups is 1. The number of anilines is 1. The summed E-state index contributed by atoms with van der Waals surface area (Å²) < 4.78 is 5.83. The van der Waals surface area contributed by atoms with E-state index in [0.29, 0.717) is 12.7 Å². The third-order valence-corrected chi connectivity index (χ3v) is 6.40. The van der Waals surface area contributed by atoms with Crippen LogP contribution in [0.1, 0.15) is 30.9 Å². The van der Waals surface area contributed by atoms with Crippen molar-refractivity contribution in [2.45, 2.75) is 30.8 Å². The van der Waals surface area contributed by atoms with Crippen molar-refractivity contribution in [1.29, 1.82) is 0 Å². The third kappa shape index (κ3) is 3.03. The number of fused-ring (bicyclic) bond motifs is 1. The number of hydrogen-bond donors (Lipinski definition) is 1. The van der Waals surface area contributed by atoms with Gasteiger partial charge >= 0.3 is 0 Å². The Morgan fingerprint density at radius 2 is 1.71 bits per heavy atom. The van der Waals surface area contributed by atoms with Crippen molar-refractivity contribution in [3.05, 3.63) is 60.2 Å². The minimum absolute atomic E-state index is 0. The molecule has 0 aliphatic carbocycles. The number of ether oxygens (including phenoxy) is 1. The van der Waals surface area contributed by atoms with Gasteiger partial charge in [0, 0.05) is 36.8 Å². The van der Waals surface area contributed by atoms with Gasteiger partial charge in [-0.1, -0.05) is 36.4 Å². The summed E-state index contributed by atoms with van der Waals surface area (Å²) in [4.78, 5) is 17.6. The molecule has 0 radical (unpaired) electrons. The highest BCUT2D eigenvalue weighted by atomic mass is 35.5. The topological polar surface area (TPSA) is 44.8 Å². The Bertz CT molecular complexity index is 837. The standard InChI is InChI=1S/C22H25N3O2.ClH/c26-21-22(25(16-23-21)17-6-2-1-3-7-17)11-13-24(14-12-22)19-10-15-27-20-9-5-4-8-18(19)20;/h1-9,19H,10-16H2,(H,23,26);1H. The van der Waals surface area contributed by atoms with Gasteiger partial charge in [0.05, 0.1) is 13.3 Å². The molecule has 2 fully saturated rings. The number of nitrogens with one attached hydrogen (secondary N) is 1. The van der Waals surface area contributed by atoms with Gasteiger partial charge in [0.25, 0.3) is 0 Å². The lowest BCUT2D eigenvalue weighted by molar-refractivity contribution is -0.125. The Labute approximate surface area is 172 Å². The Morgan fingerprint density at radius 3 is 2.50 bits per heavy atom. The summed E-state index contributed by atoms with van der Waals surface area (Å²) in [5.41, 5.74) is 2.00. The van der Waals surface area contributed by atoms with Gasteiger partial charge in [-0.2, -0.15) is 0 Å². The predicted molar refractivity (Wildman–Crippen MR) is 112 cm³/mol. The molecule has 2 aromatic rings. The number of halogens is 1. The van der Waals surface area contributed by atoms with E-state index in [1.165, 1.54) is 5.56 Å². The quantitative estimate of drug-likeness (QED) is 0.841. The van der Waals surface area contributed by atoms with Crippen molar-refractivity contribution in [1.82, 2.24) is 10.2 Å². The van der Waals surface area contributed by atoms with Crippen LogP contribution in [0.4, 0.5) is 5.69 Å². The van der Waals surface area contributed by atoms with Crippen molar-refractivity contribution < 1.29 is 9.53 Å². The van der Waals surface area contributed by atoms with E-state index < -0.39 is 5.54 Å². The van der Waals surface area contributed by atoms with Crippen molar-refractivity contribution in [3.63, 3.8) is 0 Å². The fourth-order valence-corrected chi connectivity index (χ4v) is 4.94. The van der Waals surface area contributed by atoms with Crippen LogP contribution in [-0.2, 0) is 4.79 Å². The zero-order valence-electron chi connectivity index (χ0n) is 15.8. The van der Waals surface area contributed by atoms with Crippen molar-refractivity contribution >= 4 is 24.0 Å². The summed E-state index contributed by atoms with van der Waals surface area (Å²) in [5.74, 6) is 1.19. The maximum Gasteiger partial charge on any atom is 0.247 e. The van der Waals surface area contributed by atoms with Crippen LogP contribution >= 0.6 is 12.4 Å². The smallest absolute Gasteiger partial charge is 0.247 e. The fourth-order valence-electron chi connectivity index (χ4n) is 4.94. The average Bonchev–Trinajstić information content (AvgIpc) is 3.05. The molecule has 1 atom stereocenters. The number of piperidine rings is 1. The average molecular weight is 400 g/mol. The molecule has 6 heteroatoms. The molecule has 5 rings (SSSR count). The van der Waals surface area contributed by atoms with E-state index in [1.54, 1.807) is 0 Å². The monoisotopic (exact) mass is 399 g/mol. The molecule has 0 aromatic heterocycles. The first-order chi connectivity index (χ1) is 13.3. The first-order valence-corrected chi connectivity index (χ1v) is 9.85. The second-order valence-corrected chi connectivity index (χ2v) is 7.69. The molecule has 1 N–H and O–H groups in total. The molecular formula is C22H26ClN3O2. The number of carbonyl (C=O) groups excluding carboxylic acids is 1. The summed E-state index contributed by atoms with van der Waals surface area (Å²) in [6.45, 7) is 3.22. The van der Waals surface area contributed by atoms with Crippen LogP contribution in [0.3, 0.4) is 0 Å². The van der Waals surface area contributed by atoms with Crippen molar-refractivity contribution in [3.8, 4) is 5.75 Å². The van der Waals surface area contributed by atoms with Gasteiger partial charge in [-0.05, 0) is 31.0 Å². The second-order valence-electron chi connectivity index (χ2n) is 7.69. The van der Waals surface area contributed by atoms with E-state index in [9.17, 15) is 4.79 Å². The van der Waals surface area contributed by atoms with Crippen molar-refractivity contribution in [2.24, 2.45) is 0 Å². The van der Waals surface area contributed by atoms with Crippen LogP contribution in [0.25, 0.3) is 0 Å². The first-order valence-electron chi connectivity index (χ1n) is 9.85. The summed E-state index contributed by atoms with van der Waals surface area (Å²) >= 11 is 0. The number of nitrogens with zero attached hydrogens (tertiary/aromatic N) is 2. The molecule has 1 spiro atoms. The molecule has 3 aliphatic rings. The van der Waals surface area contributed by atoms with Crippen molar-refractivity contribution in [2.75, 3.05) is 31.3 Å². The minimum atomic E-state index is -0.414. The Morgan fingerprint density at radius 1 is 1.00 bits per heavy atom. The van der Waals surface area contributed by atoms with E-state index in [0.717, 1.165) is 50.4 Å². The zero-order chi connectivity index (χ0) is 18.3. The molecule has 2 aromatic carbocycles. The zero-order valence-corrected chi connectivity index (χ0v) is 16.7. The highest BCUT2D eigenvalue weighted by molar-refractivity contribution is 5.93. The molecule has 5 nitrogen and oxygen atoms in total. The summed E-state index contributed by atoms with van der Waals surface area (Å²) in [6, 6.07) is 19.1. The van der Waals surface area contributed by atoms with Crippen LogP contribution < -0.4 is 15.0 Å². The molecule has 3 heterocycles. The molecule has 0 bridgehead atoms. The van der Waals surface area contributed by atoms with Crippen LogP contribution in [-0.4, -0.2) is 42.7 Å². The largest absolute Gasteiger partial charge is 0.493 e. The van der Waals surface area contributed by atoms with E-state index in [4.69, 9.17) is 4.74 Å². The van der Waals surface area contributed by atoms with Gasteiger partial charge in [0.2, 0.25) is 5.91 Å². The third-order valence-electron chi connectivity index (χ3n) is 6.40. The lowest BCUT2D eigenvalue weighted by Gasteiger charge is -2.46. The lowest BCUT2D eigenvalue weighted by Crippen LogP contribution is -2.57. The van der Waals surface area contributed by atoms with Crippen LogP contribution in [0.2, 0.25) is 0 Å². The summed E-state index contributed by atoms with van der Waals surface area (Å²) in [6.07, 6.45) is 2.72. The number of benzene rings is 2. The van der Waals surface area contributed by atoms with Gasteiger partial charge in [0.1, 0.15) is 11.3 Å². The molecule has 1 unspecified atom stereocenters. The van der Waals surface area contributed by atoms with Gasteiger partial charge in [0.15, 0.2) is 0 Å². The van der Waals surface area contributed by atoms with Gasteiger partial charge in [-0.25, -0.2) is 0 Å². The Kier molecular flexibility index (Phi) is 5.21. The normalized spacial score (nSPS) is 23.5. The second kappa shape index (κ2) is 7.64. The van der Waals surface area contributed by atoms with Gasteiger partial charge in [-0.3, -0.25) is 9.69 Å². The maximum absolute atomic E-state index is 12.8. The van der Waals surface area contributed by atoms with Crippen LogP contribution in [0.15, 0.2) is 54.6 Å². The molecule has 148 valence electrons. The number of likely N-dealkylation sites (tertiary alicyclic amines) is 1. The van der Waals surface area contributed by atoms with E-state index in [-0.39, 0.29) is 18.3 Å². The molecule has 3 aliphatic heterocycles. The predicted octanol–water partition coefficient (Wildman–Crippen LogP) is 3.36. The number of rotatable bonds is 2. The highest BCUT2D eigenvalue weighted by Crippen LogP contribution is 2.41. The van der Waals surface area contributed by atoms with E-state index >= 15 is 0 Å². The van der Waals surface area contributed by atoms with Gasteiger partial charge < -0.3 is 15.0 Å². The molecular weight excluding hydrogens is 374 g/mol. The number of hydrogen-bond acceptors (Lipinski definition) is 4. The fraction of sp³-hybridized carbons (Fsp3) is 0.409. The van der Waals surface area contributed by atoms with Crippen LogP contribution in [0, 0.1) is 0 Å². The van der Waals surface area contributed by atoms with Crippen LogP contribution in [0.5, 0.6) is 5.75 Å². The summed E-state index contributed by atoms with van der Waals surface area (Å²) in [7, 11) is 0. The highest BCUT2D eigenvalue weighted by Gasteiger charge is 2.51. The molecule has 0 saturated carbocycles. The summed E-state index contributed by atoms with van der Waals surface area (Å²) in [5, 5.41) is 3.09. The number of para-hydroxylation sites is 2. The Hall–Kier alpha value is -2.24. The molecule has 2 saturated heterocycles. The Balaban J connectivity index is 0.00000192.